The minimum Gasteiger partial charge on any atom is -0.459 e. The molecule has 7 heteroatoms. The van der Waals surface area contributed by atoms with E-state index in [-0.39, 0.29) is 5.91 Å². The number of unbranched alkanes of at least 4 members (excludes halogenated alkanes) is 1. The summed E-state index contributed by atoms with van der Waals surface area (Å²) >= 11 is 0. The fourth-order valence-electron chi connectivity index (χ4n) is 2.97. The molecule has 1 N–H and O–H groups in total. The molecule has 1 amide bonds. The lowest BCUT2D eigenvalue weighted by Gasteiger charge is -2.36. The summed E-state index contributed by atoms with van der Waals surface area (Å²) in [6.45, 7) is 10.9. The molecule has 0 aliphatic carbocycles. The highest BCUT2D eigenvalue weighted by atomic mass is 16.3. The van der Waals surface area contributed by atoms with Gasteiger partial charge in [-0.1, -0.05) is 13.3 Å². The molecule has 146 valence electrons. The molecule has 0 aromatic carbocycles. The fraction of sp³-hybridized carbons (Fsp3) is 0.684. The van der Waals surface area contributed by atoms with Crippen LogP contribution in [0.25, 0.3) is 0 Å². The molecule has 0 radical (unpaired) electrons. The highest BCUT2D eigenvalue weighted by Gasteiger charge is 2.25. The zero-order valence-corrected chi connectivity index (χ0v) is 16.4. The number of furan rings is 1. The molecule has 1 aromatic rings. The number of carbonyl (C=O) groups is 1. The number of piperazine rings is 1. The van der Waals surface area contributed by atoms with E-state index in [4.69, 9.17) is 9.41 Å². The molecule has 1 aliphatic heterocycles. The lowest BCUT2D eigenvalue weighted by molar-refractivity contribution is 0.0657. The zero-order chi connectivity index (χ0) is 18.8. The van der Waals surface area contributed by atoms with Gasteiger partial charge >= 0.3 is 0 Å². The number of carbonyl (C=O) groups excluding carboxylic acids is 1. The molecule has 0 atom stereocenters. The van der Waals surface area contributed by atoms with Gasteiger partial charge in [0.05, 0.1) is 12.8 Å². The Labute approximate surface area is 157 Å². The van der Waals surface area contributed by atoms with Crippen LogP contribution in [0, 0.1) is 0 Å². The summed E-state index contributed by atoms with van der Waals surface area (Å²) in [6.07, 6.45) is 3.99. The summed E-state index contributed by atoms with van der Waals surface area (Å²) in [5, 5.41) is 3.38. The predicted molar refractivity (Wildman–Crippen MR) is 105 cm³/mol. The van der Waals surface area contributed by atoms with Crippen LogP contribution in [0.4, 0.5) is 0 Å². The van der Waals surface area contributed by atoms with E-state index in [1.54, 1.807) is 12.1 Å². The van der Waals surface area contributed by atoms with Gasteiger partial charge in [-0.25, -0.2) is 0 Å². The summed E-state index contributed by atoms with van der Waals surface area (Å²) in [4.78, 5) is 23.5. The average molecular weight is 364 g/mol. The smallest absolute Gasteiger partial charge is 0.289 e. The molecule has 26 heavy (non-hydrogen) atoms. The Morgan fingerprint density at radius 1 is 1.23 bits per heavy atom. The van der Waals surface area contributed by atoms with Crippen LogP contribution < -0.4 is 5.32 Å². The quantitative estimate of drug-likeness (QED) is 0.563. The van der Waals surface area contributed by atoms with Crippen LogP contribution in [0.15, 0.2) is 27.8 Å². The van der Waals surface area contributed by atoms with Crippen LogP contribution >= 0.6 is 0 Å². The van der Waals surface area contributed by atoms with E-state index in [2.05, 4.69) is 36.0 Å². The maximum atomic E-state index is 12.4. The number of nitrogens with one attached hydrogen (secondary N) is 1. The number of likely N-dealkylation sites (N-methyl/N-ethyl adjacent to an activating group) is 1. The van der Waals surface area contributed by atoms with Crippen LogP contribution in [-0.4, -0.2) is 86.0 Å². The maximum Gasteiger partial charge on any atom is 0.289 e. The third-order valence-corrected chi connectivity index (χ3v) is 4.57. The summed E-state index contributed by atoms with van der Waals surface area (Å²) in [5.74, 6) is 1.32. The van der Waals surface area contributed by atoms with Gasteiger partial charge in [-0.15, -0.1) is 0 Å². The van der Waals surface area contributed by atoms with Gasteiger partial charge in [0.25, 0.3) is 5.91 Å². The number of hydrogen-bond acceptors (Lipinski definition) is 4. The molecule has 7 nitrogen and oxygen atoms in total. The molecule has 0 unspecified atom stereocenters. The van der Waals surface area contributed by atoms with Crippen LogP contribution in [0.1, 0.15) is 37.2 Å². The number of amides is 1. The molecular weight excluding hydrogens is 330 g/mol. The van der Waals surface area contributed by atoms with Crippen LogP contribution in [-0.2, 0) is 0 Å². The minimum atomic E-state index is -0.0332. The van der Waals surface area contributed by atoms with Crippen molar-refractivity contribution in [3.8, 4) is 0 Å². The van der Waals surface area contributed by atoms with E-state index in [0.29, 0.717) is 18.8 Å². The Morgan fingerprint density at radius 3 is 2.58 bits per heavy atom. The molecule has 1 aromatic heterocycles. The molecule has 0 spiro atoms. The van der Waals surface area contributed by atoms with E-state index < -0.39 is 0 Å². The second kappa shape index (κ2) is 10.9. The summed E-state index contributed by atoms with van der Waals surface area (Å²) in [7, 11) is 2.15. The van der Waals surface area contributed by atoms with Crippen molar-refractivity contribution >= 4 is 11.9 Å². The topological polar surface area (TPSA) is 64.3 Å². The molecule has 2 rings (SSSR count). The predicted octanol–water partition coefficient (Wildman–Crippen LogP) is 1.73. The van der Waals surface area contributed by atoms with Gasteiger partial charge in [0.15, 0.2) is 11.7 Å². The van der Waals surface area contributed by atoms with Gasteiger partial charge in [0.1, 0.15) is 0 Å². The highest BCUT2D eigenvalue weighted by molar-refractivity contribution is 5.91. The molecule has 0 bridgehead atoms. The summed E-state index contributed by atoms with van der Waals surface area (Å²) in [5.41, 5.74) is 0. The van der Waals surface area contributed by atoms with Gasteiger partial charge in [0, 0.05) is 39.3 Å². The van der Waals surface area contributed by atoms with Gasteiger partial charge in [-0.3, -0.25) is 9.79 Å². The molecule has 2 heterocycles. The van der Waals surface area contributed by atoms with Crippen LogP contribution in [0.5, 0.6) is 0 Å². The third-order valence-electron chi connectivity index (χ3n) is 4.57. The summed E-state index contributed by atoms with van der Waals surface area (Å²) < 4.78 is 5.22. The molecule has 1 fully saturated rings. The molecular formula is C19H33N5O2. The van der Waals surface area contributed by atoms with Gasteiger partial charge in [-0.2, -0.15) is 0 Å². The number of aliphatic imine (C=N–C) groups is 1. The number of nitrogens with zero attached hydrogens (tertiary/aromatic N) is 4. The molecule has 0 saturated carbocycles. The largest absolute Gasteiger partial charge is 0.459 e. The van der Waals surface area contributed by atoms with Crippen LogP contribution in [0.2, 0.25) is 0 Å². The number of hydrogen-bond donors (Lipinski definition) is 1. The van der Waals surface area contributed by atoms with Crippen molar-refractivity contribution in [2.45, 2.75) is 26.7 Å². The Hall–Kier alpha value is -2.02. The Morgan fingerprint density at radius 2 is 1.96 bits per heavy atom. The van der Waals surface area contributed by atoms with Crippen molar-refractivity contribution < 1.29 is 9.21 Å². The zero-order valence-electron chi connectivity index (χ0n) is 16.4. The first-order chi connectivity index (χ1) is 12.7. The lowest BCUT2D eigenvalue weighted by Crippen LogP contribution is -2.53. The average Bonchev–Trinajstić information content (AvgIpc) is 3.20. The normalized spacial score (nSPS) is 15.6. The van der Waals surface area contributed by atoms with E-state index in [9.17, 15) is 4.79 Å². The maximum absolute atomic E-state index is 12.4. The second-order valence-electron chi connectivity index (χ2n) is 6.65. The van der Waals surface area contributed by atoms with E-state index in [0.717, 1.165) is 45.2 Å². The third kappa shape index (κ3) is 6.05. The Bertz CT molecular complexity index is 550. The van der Waals surface area contributed by atoms with E-state index in [1.807, 2.05) is 4.90 Å². The SMILES string of the molecule is CCCCN(C)CCN=C(NCC)N1CCN(C(=O)c2ccco2)CC1. The highest BCUT2D eigenvalue weighted by Crippen LogP contribution is 2.09. The number of rotatable bonds is 8. The summed E-state index contributed by atoms with van der Waals surface area (Å²) in [6, 6.07) is 3.46. The fourth-order valence-corrected chi connectivity index (χ4v) is 2.97. The standard InChI is InChI=1S/C19H33N5O2/c1-4-6-10-22(3)11-9-21-19(20-5-2)24-14-12-23(13-15-24)18(25)17-8-7-16-26-17/h7-8,16H,4-6,9-15H2,1-3H3,(H,20,21). The number of guanidine groups is 1. The lowest BCUT2D eigenvalue weighted by atomic mass is 10.3. The van der Waals surface area contributed by atoms with E-state index in [1.165, 1.54) is 19.1 Å². The first kappa shape index (κ1) is 20.3. The second-order valence-corrected chi connectivity index (χ2v) is 6.65. The first-order valence-corrected chi connectivity index (χ1v) is 9.70. The van der Waals surface area contributed by atoms with E-state index >= 15 is 0 Å². The first-order valence-electron chi connectivity index (χ1n) is 9.70. The van der Waals surface area contributed by atoms with Crippen molar-refractivity contribution in [3.05, 3.63) is 24.2 Å². The van der Waals surface area contributed by atoms with Gasteiger partial charge in [0.2, 0.25) is 0 Å². The van der Waals surface area contributed by atoms with Crippen LogP contribution in [0.3, 0.4) is 0 Å². The Balaban J connectivity index is 1.83. The van der Waals surface area contributed by atoms with Crippen molar-refractivity contribution in [1.82, 2.24) is 20.0 Å². The van der Waals surface area contributed by atoms with Gasteiger partial charge in [-0.05, 0) is 39.1 Å². The van der Waals surface area contributed by atoms with Gasteiger partial charge < -0.3 is 24.4 Å². The van der Waals surface area contributed by atoms with Crippen molar-refractivity contribution in [3.63, 3.8) is 0 Å². The van der Waals surface area contributed by atoms with Crippen molar-refractivity contribution in [2.75, 3.05) is 59.4 Å². The minimum absolute atomic E-state index is 0.0332. The Kier molecular flexibility index (Phi) is 8.47. The monoisotopic (exact) mass is 363 g/mol. The molecule has 1 saturated heterocycles. The molecule has 1 aliphatic rings. The van der Waals surface area contributed by atoms with Crippen molar-refractivity contribution in [1.29, 1.82) is 0 Å². The van der Waals surface area contributed by atoms with Crippen molar-refractivity contribution in [2.24, 2.45) is 4.99 Å².